The van der Waals surface area contributed by atoms with Gasteiger partial charge in [0.15, 0.2) is 5.65 Å². The predicted octanol–water partition coefficient (Wildman–Crippen LogP) is 2.44. The summed E-state index contributed by atoms with van der Waals surface area (Å²) >= 11 is 0. The van der Waals surface area contributed by atoms with Gasteiger partial charge >= 0.3 is 5.69 Å². The van der Waals surface area contributed by atoms with Crippen LogP contribution in [0.3, 0.4) is 0 Å². The van der Waals surface area contributed by atoms with E-state index in [2.05, 4.69) is 34.5 Å². The van der Waals surface area contributed by atoms with Crippen molar-refractivity contribution in [3.8, 4) is 0 Å². The quantitative estimate of drug-likeness (QED) is 0.727. The molecule has 6 heteroatoms. The van der Waals surface area contributed by atoms with E-state index in [9.17, 15) is 4.79 Å². The van der Waals surface area contributed by atoms with E-state index in [0.717, 1.165) is 18.9 Å². The minimum absolute atomic E-state index is 0.308. The second-order valence-corrected chi connectivity index (χ2v) is 5.54. The third-order valence-corrected chi connectivity index (χ3v) is 3.29. The number of fused-ring (bicyclic) bond motifs is 1. The number of unbranched alkanes of at least 4 members (excludes halogenated alkanes) is 3. The van der Waals surface area contributed by atoms with Gasteiger partial charge in [-0.25, -0.2) is 9.89 Å². The molecule has 0 bridgehead atoms. The maximum atomic E-state index is 11.4. The molecule has 0 atom stereocenters. The average molecular weight is 277 g/mol. The number of aromatic nitrogens is 4. The first kappa shape index (κ1) is 14.6. The van der Waals surface area contributed by atoms with Crippen LogP contribution in [0.2, 0.25) is 0 Å². The number of rotatable bonds is 8. The van der Waals surface area contributed by atoms with E-state index in [4.69, 9.17) is 0 Å². The van der Waals surface area contributed by atoms with Crippen LogP contribution in [0.15, 0.2) is 16.9 Å². The van der Waals surface area contributed by atoms with Gasteiger partial charge in [0, 0.05) is 6.54 Å². The summed E-state index contributed by atoms with van der Waals surface area (Å²) < 4.78 is 1.27. The van der Waals surface area contributed by atoms with Gasteiger partial charge in [-0.2, -0.15) is 9.61 Å². The first-order chi connectivity index (χ1) is 9.66. The van der Waals surface area contributed by atoms with E-state index in [1.165, 1.54) is 30.2 Å². The summed E-state index contributed by atoms with van der Waals surface area (Å²) in [5.41, 5.74) is 0.228. The topological polar surface area (TPSA) is 75.1 Å². The van der Waals surface area contributed by atoms with Crippen LogP contribution in [-0.4, -0.2) is 26.4 Å². The van der Waals surface area contributed by atoms with Crippen LogP contribution in [0.1, 0.15) is 46.0 Å². The van der Waals surface area contributed by atoms with Gasteiger partial charge in [0.1, 0.15) is 5.82 Å². The fourth-order valence-corrected chi connectivity index (χ4v) is 2.14. The largest absolute Gasteiger partial charge is 0.369 e. The van der Waals surface area contributed by atoms with Crippen molar-refractivity contribution in [2.24, 2.45) is 5.92 Å². The zero-order valence-corrected chi connectivity index (χ0v) is 12.2. The first-order valence-corrected chi connectivity index (χ1v) is 7.35. The molecule has 0 saturated carbocycles. The van der Waals surface area contributed by atoms with Crippen molar-refractivity contribution in [2.75, 3.05) is 11.9 Å². The van der Waals surface area contributed by atoms with E-state index in [0.29, 0.717) is 11.5 Å². The standard InChI is InChI=1S/C14H23N5O/c1-11(2)7-5-3-4-6-10-15-12-8-9-13-16-17-14(20)19(13)18-12/h8-9,11H,3-7,10H2,1-2H3,(H,15,18)(H,17,20). The smallest absolute Gasteiger partial charge is 0.364 e. The van der Waals surface area contributed by atoms with Gasteiger partial charge in [0.2, 0.25) is 0 Å². The second kappa shape index (κ2) is 7.07. The number of hydrogen-bond donors (Lipinski definition) is 2. The lowest BCUT2D eigenvalue weighted by atomic mass is 10.0. The summed E-state index contributed by atoms with van der Waals surface area (Å²) in [4.78, 5) is 11.4. The van der Waals surface area contributed by atoms with Crippen molar-refractivity contribution in [3.05, 3.63) is 22.6 Å². The molecular formula is C14H23N5O. The maximum Gasteiger partial charge on any atom is 0.364 e. The Kier molecular flexibility index (Phi) is 5.15. The minimum atomic E-state index is -0.308. The van der Waals surface area contributed by atoms with E-state index in [-0.39, 0.29) is 5.69 Å². The van der Waals surface area contributed by atoms with Gasteiger partial charge in [-0.3, -0.25) is 0 Å². The van der Waals surface area contributed by atoms with Crippen molar-refractivity contribution in [1.82, 2.24) is 19.8 Å². The Morgan fingerprint density at radius 2 is 2.05 bits per heavy atom. The summed E-state index contributed by atoms with van der Waals surface area (Å²) in [6, 6.07) is 3.62. The molecule has 2 aromatic heterocycles. The van der Waals surface area contributed by atoms with Crippen LogP contribution < -0.4 is 11.0 Å². The number of nitrogens with zero attached hydrogens (tertiary/aromatic N) is 3. The molecule has 0 amide bonds. The van der Waals surface area contributed by atoms with Crippen molar-refractivity contribution < 1.29 is 0 Å². The molecule has 0 saturated heterocycles. The molecule has 20 heavy (non-hydrogen) atoms. The third kappa shape index (κ3) is 4.08. The SMILES string of the molecule is CC(C)CCCCCCNc1ccc2n[nH]c(=O)n2n1. The minimum Gasteiger partial charge on any atom is -0.369 e. The highest BCUT2D eigenvalue weighted by Gasteiger charge is 2.02. The van der Waals surface area contributed by atoms with Gasteiger partial charge in [-0.15, -0.1) is 5.10 Å². The molecule has 0 radical (unpaired) electrons. The number of anilines is 1. The van der Waals surface area contributed by atoms with Crippen LogP contribution in [0.4, 0.5) is 5.82 Å². The summed E-state index contributed by atoms with van der Waals surface area (Å²) in [6.07, 6.45) is 6.26. The monoisotopic (exact) mass is 277 g/mol. The van der Waals surface area contributed by atoms with Crippen molar-refractivity contribution >= 4 is 11.5 Å². The number of nitrogens with one attached hydrogen (secondary N) is 2. The van der Waals surface area contributed by atoms with Gasteiger partial charge in [-0.05, 0) is 24.5 Å². The molecule has 0 aromatic carbocycles. The average Bonchev–Trinajstić information content (AvgIpc) is 2.79. The number of H-pyrrole nitrogens is 1. The Morgan fingerprint density at radius 3 is 2.85 bits per heavy atom. The highest BCUT2D eigenvalue weighted by molar-refractivity contribution is 5.42. The van der Waals surface area contributed by atoms with Gasteiger partial charge in [-0.1, -0.05) is 39.5 Å². The Morgan fingerprint density at radius 1 is 1.25 bits per heavy atom. The molecule has 2 heterocycles. The molecule has 2 aromatic rings. The Labute approximate surface area is 118 Å². The van der Waals surface area contributed by atoms with Crippen LogP contribution in [0.25, 0.3) is 5.65 Å². The van der Waals surface area contributed by atoms with Crippen LogP contribution in [-0.2, 0) is 0 Å². The van der Waals surface area contributed by atoms with Crippen LogP contribution >= 0.6 is 0 Å². The molecular weight excluding hydrogens is 254 g/mol. The highest BCUT2D eigenvalue weighted by atomic mass is 16.2. The molecule has 0 spiro atoms. The molecule has 2 N–H and O–H groups in total. The normalized spacial score (nSPS) is 11.3. The van der Waals surface area contributed by atoms with Gasteiger partial charge < -0.3 is 5.32 Å². The van der Waals surface area contributed by atoms with Crippen LogP contribution in [0, 0.1) is 5.92 Å². The fourth-order valence-electron chi connectivity index (χ4n) is 2.14. The summed E-state index contributed by atoms with van der Waals surface area (Å²) in [5, 5.41) is 13.6. The lowest BCUT2D eigenvalue weighted by molar-refractivity contribution is 0.523. The Balaban J connectivity index is 1.70. The van der Waals surface area contributed by atoms with Gasteiger partial charge in [0.25, 0.3) is 0 Å². The molecule has 110 valence electrons. The second-order valence-electron chi connectivity index (χ2n) is 5.54. The lowest BCUT2D eigenvalue weighted by Crippen LogP contribution is -2.14. The van der Waals surface area contributed by atoms with Crippen molar-refractivity contribution in [3.63, 3.8) is 0 Å². The van der Waals surface area contributed by atoms with Crippen molar-refractivity contribution in [2.45, 2.75) is 46.0 Å². The zero-order chi connectivity index (χ0) is 14.4. The predicted molar refractivity (Wildman–Crippen MR) is 80.0 cm³/mol. The molecule has 0 aliphatic heterocycles. The van der Waals surface area contributed by atoms with E-state index >= 15 is 0 Å². The molecule has 2 rings (SSSR count). The zero-order valence-electron chi connectivity index (χ0n) is 12.2. The summed E-state index contributed by atoms with van der Waals surface area (Å²) in [5.74, 6) is 1.51. The van der Waals surface area contributed by atoms with E-state index in [1.807, 2.05) is 6.07 Å². The molecule has 0 aliphatic rings. The number of aromatic amines is 1. The third-order valence-electron chi connectivity index (χ3n) is 3.29. The summed E-state index contributed by atoms with van der Waals surface area (Å²) in [6.45, 7) is 5.41. The highest BCUT2D eigenvalue weighted by Crippen LogP contribution is 2.10. The first-order valence-electron chi connectivity index (χ1n) is 7.35. The lowest BCUT2D eigenvalue weighted by Gasteiger charge is -2.06. The Bertz CT molecular complexity index is 587. The Hall–Kier alpha value is -1.85. The van der Waals surface area contributed by atoms with E-state index in [1.54, 1.807) is 6.07 Å². The number of hydrogen-bond acceptors (Lipinski definition) is 4. The van der Waals surface area contributed by atoms with Crippen LogP contribution in [0.5, 0.6) is 0 Å². The maximum absolute atomic E-state index is 11.4. The van der Waals surface area contributed by atoms with Gasteiger partial charge in [0.05, 0.1) is 0 Å². The molecule has 0 unspecified atom stereocenters. The van der Waals surface area contributed by atoms with E-state index < -0.39 is 0 Å². The van der Waals surface area contributed by atoms with Crippen molar-refractivity contribution in [1.29, 1.82) is 0 Å². The molecule has 0 fully saturated rings. The molecule has 0 aliphatic carbocycles. The summed E-state index contributed by atoms with van der Waals surface area (Å²) in [7, 11) is 0. The molecule has 6 nitrogen and oxygen atoms in total. The fraction of sp³-hybridized carbons (Fsp3) is 0.643.